The standard InChI is InChI=1S/C13H26N4S.HI/c1-2-17-7-3-5-11(17)9-15-13(14)16-10-12-6-4-8-18-12;/h11-12H,2-10H2,1H3,(H3,14,15,16);1H. The van der Waals surface area contributed by atoms with Crippen molar-refractivity contribution in [3.8, 4) is 0 Å². The molecule has 6 heteroatoms. The molecule has 2 heterocycles. The van der Waals surface area contributed by atoms with Crippen LogP contribution in [0.4, 0.5) is 0 Å². The number of aliphatic imine (C=N–C) groups is 1. The summed E-state index contributed by atoms with van der Waals surface area (Å²) in [6.07, 6.45) is 5.24. The Bertz CT molecular complexity index is 282. The molecular formula is C13H27IN4S. The van der Waals surface area contributed by atoms with Crippen molar-refractivity contribution in [2.75, 3.05) is 31.9 Å². The average molecular weight is 398 g/mol. The molecule has 0 radical (unpaired) electrons. The van der Waals surface area contributed by atoms with E-state index in [1.807, 2.05) is 0 Å². The van der Waals surface area contributed by atoms with E-state index >= 15 is 0 Å². The van der Waals surface area contributed by atoms with Crippen LogP contribution in [0.5, 0.6) is 0 Å². The van der Waals surface area contributed by atoms with Gasteiger partial charge in [-0.3, -0.25) is 9.89 Å². The number of nitrogens with two attached hydrogens (primary N) is 1. The van der Waals surface area contributed by atoms with Gasteiger partial charge in [0.1, 0.15) is 0 Å². The quantitative estimate of drug-likeness (QED) is 0.422. The molecule has 0 saturated carbocycles. The highest BCUT2D eigenvalue weighted by molar-refractivity contribution is 14.0. The van der Waals surface area contributed by atoms with Crippen LogP contribution in [-0.2, 0) is 0 Å². The number of nitrogens with zero attached hydrogens (tertiary/aromatic N) is 2. The molecular weight excluding hydrogens is 371 g/mol. The molecule has 0 aromatic rings. The van der Waals surface area contributed by atoms with E-state index in [0.717, 1.165) is 24.9 Å². The van der Waals surface area contributed by atoms with E-state index < -0.39 is 0 Å². The summed E-state index contributed by atoms with van der Waals surface area (Å²) in [5.41, 5.74) is 5.93. The van der Waals surface area contributed by atoms with Gasteiger partial charge in [-0.15, -0.1) is 24.0 Å². The van der Waals surface area contributed by atoms with E-state index in [2.05, 4.69) is 33.9 Å². The van der Waals surface area contributed by atoms with Crippen molar-refractivity contribution in [3.63, 3.8) is 0 Å². The van der Waals surface area contributed by atoms with Crippen LogP contribution in [0.2, 0.25) is 0 Å². The lowest BCUT2D eigenvalue weighted by molar-refractivity contribution is 0.273. The predicted octanol–water partition coefficient (Wildman–Crippen LogP) is 1.89. The van der Waals surface area contributed by atoms with Gasteiger partial charge < -0.3 is 11.1 Å². The zero-order valence-electron chi connectivity index (χ0n) is 11.8. The molecule has 2 aliphatic rings. The molecule has 2 saturated heterocycles. The molecule has 2 rings (SSSR count). The van der Waals surface area contributed by atoms with Crippen molar-refractivity contribution in [3.05, 3.63) is 0 Å². The highest BCUT2D eigenvalue weighted by Crippen LogP contribution is 2.25. The number of hydrogen-bond donors (Lipinski definition) is 2. The maximum absolute atomic E-state index is 5.93. The lowest BCUT2D eigenvalue weighted by Crippen LogP contribution is -2.38. The molecule has 4 nitrogen and oxygen atoms in total. The number of nitrogens with one attached hydrogen (secondary N) is 1. The van der Waals surface area contributed by atoms with E-state index in [4.69, 9.17) is 5.73 Å². The van der Waals surface area contributed by atoms with Crippen LogP contribution in [0.1, 0.15) is 32.6 Å². The van der Waals surface area contributed by atoms with E-state index in [9.17, 15) is 0 Å². The van der Waals surface area contributed by atoms with Crippen molar-refractivity contribution >= 4 is 41.7 Å². The monoisotopic (exact) mass is 398 g/mol. The van der Waals surface area contributed by atoms with Crippen LogP contribution < -0.4 is 11.1 Å². The molecule has 0 amide bonds. The molecule has 2 atom stereocenters. The second-order valence-corrected chi connectivity index (χ2v) is 6.57. The summed E-state index contributed by atoms with van der Waals surface area (Å²) in [5, 5.41) is 4.00. The van der Waals surface area contributed by atoms with Gasteiger partial charge in [0.2, 0.25) is 0 Å². The molecule has 0 bridgehead atoms. The Morgan fingerprint density at radius 3 is 2.95 bits per heavy atom. The van der Waals surface area contributed by atoms with Crippen LogP contribution in [0.25, 0.3) is 0 Å². The van der Waals surface area contributed by atoms with Crippen LogP contribution in [0, 0.1) is 0 Å². The fourth-order valence-electron chi connectivity index (χ4n) is 2.80. The van der Waals surface area contributed by atoms with Crippen LogP contribution in [0.3, 0.4) is 0 Å². The highest BCUT2D eigenvalue weighted by Gasteiger charge is 2.22. The lowest BCUT2D eigenvalue weighted by atomic mass is 10.2. The Morgan fingerprint density at radius 1 is 1.42 bits per heavy atom. The third kappa shape index (κ3) is 5.67. The molecule has 3 N–H and O–H groups in total. The number of hydrogen-bond acceptors (Lipinski definition) is 3. The minimum atomic E-state index is 0. The van der Waals surface area contributed by atoms with E-state index in [0.29, 0.717) is 12.0 Å². The minimum Gasteiger partial charge on any atom is -0.370 e. The number of halogens is 1. The molecule has 0 aromatic carbocycles. The fourth-order valence-corrected chi connectivity index (χ4v) is 4.00. The van der Waals surface area contributed by atoms with Crippen molar-refractivity contribution in [2.24, 2.45) is 10.7 Å². The summed E-state index contributed by atoms with van der Waals surface area (Å²) in [6, 6.07) is 0.608. The van der Waals surface area contributed by atoms with Crippen molar-refractivity contribution < 1.29 is 0 Å². The normalized spacial score (nSPS) is 28.4. The second kappa shape index (κ2) is 9.28. The summed E-state index contributed by atoms with van der Waals surface area (Å²) in [4.78, 5) is 7.00. The van der Waals surface area contributed by atoms with Crippen LogP contribution in [-0.4, -0.2) is 54.1 Å². The molecule has 2 unspecified atom stereocenters. The first-order chi connectivity index (χ1) is 8.79. The lowest BCUT2D eigenvalue weighted by Gasteiger charge is -2.21. The molecule has 0 aliphatic carbocycles. The van der Waals surface area contributed by atoms with Crippen molar-refractivity contribution in [2.45, 2.75) is 43.9 Å². The maximum Gasteiger partial charge on any atom is 0.188 e. The third-order valence-corrected chi connectivity index (χ3v) is 5.31. The summed E-state index contributed by atoms with van der Waals surface area (Å²) in [5.74, 6) is 1.93. The first kappa shape index (κ1) is 17.4. The molecule has 2 aliphatic heterocycles. The smallest absolute Gasteiger partial charge is 0.188 e. The Labute approximate surface area is 138 Å². The van der Waals surface area contributed by atoms with Gasteiger partial charge in [-0.2, -0.15) is 11.8 Å². The van der Waals surface area contributed by atoms with Gasteiger partial charge in [0.25, 0.3) is 0 Å². The number of thioether (sulfide) groups is 1. The Hall–Kier alpha value is 0.310. The SMILES string of the molecule is CCN1CCCC1CN=C(N)NCC1CCCS1.I. The van der Waals surface area contributed by atoms with E-state index in [1.54, 1.807) is 0 Å². The number of rotatable bonds is 5. The number of likely N-dealkylation sites (N-methyl/N-ethyl adjacent to an activating group) is 1. The highest BCUT2D eigenvalue weighted by atomic mass is 127. The van der Waals surface area contributed by atoms with Gasteiger partial charge in [0.15, 0.2) is 5.96 Å². The molecule has 19 heavy (non-hydrogen) atoms. The largest absolute Gasteiger partial charge is 0.370 e. The summed E-state index contributed by atoms with van der Waals surface area (Å²) >= 11 is 2.05. The Kier molecular flexibility index (Phi) is 8.48. The zero-order chi connectivity index (χ0) is 12.8. The number of guanidine groups is 1. The topological polar surface area (TPSA) is 53.6 Å². The van der Waals surface area contributed by atoms with Crippen LogP contribution >= 0.6 is 35.7 Å². The molecule has 0 aromatic heterocycles. The van der Waals surface area contributed by atoms with Gasteiger partial charge >= 0.3 is 0 Å². The first-order valence-electron chi connectivity index (χ1n) is 7.19. The number of likely N-dealkylation sites (tertiary alicyclic amines) is 1. The molecule has 2 fully saturated rings. The van der Waals surface area contributed by atoms with E-state index in [1.165, 1.54) is 38.0 Å². The van der Waals surface area contributed by atoms with Gasteiger partial charge in [-0.05, 0) is 44.5 Å². The molecule has 0 spiro atoms. The van der Waals surface area contributed by atoms with Crippen LogP contribution in [0.15, 0.2) is 4.99 Å². The van der Waals surface area contributed by atoms with Gasteiger partial charge in [0, 0.05) is 17.8 Å². The zero-order valence-corrected chi connectivity index (χ0v) is 15.0. The minimum absolute atomic E-state index is 0. The summed E-state index contributed by atoms with van der Waals surface area (Å²) in [7, 11) is 0. The Balaban J connectivity index is 0.00000180. The van der Waals surface area contributed by atoms with Gasteiger partial charge in [-0.25, -0.2) is 0 Å². The summed E-state index contributed by atoms with van der Waals surface area (Å²) in [6.45, 7) is 6.41. The average Bonchev–Trinajstić information content (AvgIpc) is 3.04. The Morgan fingerprint density at radius 2 is 2.26 bits per heavy atom. The van der Waals surface area contributed by atoms with Crippen molar-refractivity contribution in [1.29, 1.82) is 0 Å². The van der Waals surface area contributed by atoms with Crippen molar-refractivity contribution in [1.82, 2.24) is 10.2 Å². The van der Waals surface area contributed by atoms with E-state index in [-0.39, 0.29) is 24.0 Å². The summed E-state index contributed by atoms with van der Waals surface area (Å²) < 4.78 is 0. The van der Waals surface area contributed by atoms with Gasteiger partial charge in [-0.1, -0.05) is 6.92 Å². The first-order valence-corrected chi connectivity index (χ1v) is 8.24. The maximum atomic E-state index is 5.93. The second-order valence-electron chi connectivity index (χ2n) is 5.17. The third-order valence-electron chi connectivity index (χ3n) is 3.91. The fraction of sp³-hybridized carbons (Fsp3) is 0.923. The molecule has 112 valence electrons. The predicted molar refractivity (Wildman–Crippen MR) is 95.7 cm³/mol. The van der Waals surface area contributed by atoms with Gasteiger partial charge in [0.05, 0.1) is 6.54 Å².